The van der Waals surface area contributed by atoms with Crippen molar-refractivity contribution in [3.05, 3.63) is 42.5 Å². The number of rotatable bonds is 5. The van der Waals surface area contributed by atoms with Crippen LogP contribution in [0.2, 0.25) is 0 Å². The van der Waals surface area contributed by atoms with Gasteiger partial charge in [-0.25, -0.2) is 9.97 Å². The topological polar surface area (TPSA) is 79.3 Å². The maximum absolute atomic E-state index is 12.9. The summed E-state index contributed by atoms with van der Waals surface area (Å²) >= 11 is 0. The van der Waals surface area contributed by atoms with E-state index < -0.39 is 6.04 Å². The van der Waals surface area contributed by atoms with Crippen LogP contribution in [0.15, 0.2) is 36.9 Å². The quantitative estimate of drug-likeness (QED) is 0.821. The van der Waals surface area contributed by atoms with Gasteiger partial charge in [0, 0.05) is 50.5 Å². The van der Waals surface area contributed by atoms with Crippen LogP contribution in [-0.2, 0) is 4.79 Å². The number of likely N-dealkylation sites (N-methyl/N-ethyl adjacent to an activating group) is 1. The average molecular weight is 353 g/mol. The Morgan fingerprint density at radius 1 is 1.23 bits per heavy atom. The summed E-state index contributed by atoms with van der Waals surface area (Å²) in [6.07, 6.45) is 8.98. The van der Waals surface area contributed by atoms with E-state index in [0.717, 1.165) is 18.4 Å². The van der Waals surface area contributed by atoms with Crippen molar-refractivity contribution in [1.82, 2.24) is 24.8 Å². The van der Waals surface area contributed by atoms with E-state index >= 15 is 0 Å². The summed E-state index contributed by atoms with van der Waals surface area (Å²) < 4.78 is 0. The van der Waals surface area contributed by atoms with Crippen molar-refractivity contribution < 1.29 is 9.59 Å². The molecule has 7 heteroatoms. The van der Waals surface area contributed by atoms with Gasteiger partial charge in [-0.2, -0.15) is 0 Å². The Bertz CT molecular complexity index is 763. The van der Waals surface area contributed by atoms with Gasteiger partial charge in [-0.15, -0.1) is 0 Å². The standard InChI is InChI=1S/C19H23N5O2/c1-3-4-7-16-19(26)23(2)9-10-24(16)18(25)15-12-21-17(22-13-15)14-6-5-8-20-11-14/h5-6,8,11-13,16H,3-4,7,9-10H2,1-2H3. The molecule has 3 rings (SSSR count). The van der Waals surface area contributed by atoms with Gasteiger partial charge in [-0.05, 0) is 18.6 Å². The van der Waals surface area contributed by atoms with Crippen LogP contribution >= 0.6 is 0 Å². The molecule has 0 aliphatic carbocycles. The van der Waals surface area contributed by atoms with Gasteiger partial charge in [0.1, 0.15) is 6.04 Å². The number of carbonyl (C=O) groups is 2. The van der Waals surface area contributed by atoms with E-state index in [1.807, 2.05) is 12.1 Å². The lowest BCUT2D eigenvalue weighted by Gasteiger charge is -2.39. The van der Waals surface area contributed by atoms with Crippen LogP contribution in [0.5, 0.6) is 0 Å². The number of amides is 2. The fourth-order valence-corrected chi connectivity index (χ4v) is 3.08. The van der Waals surface area contributed by atoms with Crippen LogP contribution in [0.1, 0.15) is 36.5 Å². The van der Waals surface area contributed by atoms with Crippen LogP contribution in [-0.4, -0.2) is 62.7 Å². The summed E-state index contributed by atoms with van der Waals surface area (Å²) in [5, 5.41) is 0. The van der Waals surface area contributed by atoms with E-state index in [2.05, 4.69) is 21.9 Å². The number of unbranched alkanes of at least 4 members (excludes halogenated alkanes) is 1. The maximum atomic E-state index is 12.9. The third kappa shape index (κ3) is 3.71. The maximum Gasteiger partial charge on any atom is 0.257 e. The van der Waals surface area contributed by atoms with Crippen LogP contribution in [0.3, 0.4) is 0 Å². The van der Waals surface area contributed by atoms with Crippen LogP contribution in [0.4, 0.5) is 0 Å². The highest BCUT2D eigenvalue weighted by molar-refractivity contribution is 5.97. The monoisotopic (exact) mass is 353 g/mol. The van der Waals surface area contributed by atoms with Crippen LogP contribution < -0.4 is 0 Å². The van der Waals surface area contributed by atoms with E-state index in [4.69, 9.17) is 0 Å². The number of pyridine rings is 1. The summed E-state index contributed by atoms with van der Waals surface area (Å²) in [5.74, 6) is 0.336. The van der Waals surface area contributed by atoms with Gasteiger partial charge in [0.05, 0.1) is 5.56 Å². The normalized spacial score (nSPS) is 17.5. The zero-order valence-electron chi connectivity index (χ0n) is 15.1. The summed E-state index contributed by atoms with van der Waals surface area (Å²) in [5.41, 5.74) is 1.19. The van der Waals surface area contributed by atoms with Crippen molar-refractivity contribution in [3.63, 3.8) is 0 Å². The Balaban J connectivity index is 1.79. The van der Waals surface area contributed by atoms with Gasteiger partial charge in [0.15, 0.2) is 5.82 Å². The van der Waals surface area contributed by atoms with Crippen molar-refractivity contribution in [3.8, 4) is 11.4 Å². The highest BCUT2D eigenvalue weighted by atomic mass is 16.2. The predicted molar refractivity (Wildman–Crippen MR) is 97.2 cm³/mol. The minimum Gasteiger partial charge on any atom is -0.342 e. The van der Waals surface area contributed by atoms with E-state index in [1.54, 1.807) is 29.2 Å². The first kappa shape index (κ1) is 18.0. The van der Waals surface area contributed by atoms with Gasteiger partial charge in [-0.3, -0.25) is 14.6 Å². The molecular formula is C19H23N5O2. The first-order chi connectivity index (χ1) is 12.6. The fraction of sp³-hybridized carbons (Fsp3) is 0.421. The minimum atomic E-state index is -0.404. The molecule has 136 valence electrons. The Hall–Kier alpha value is -2.83. The molecule has 0 N–H and O–H groups in total. The molecule has 2 aromatic rings. The molecule has 0 saturated carbocycles. The summed E-state index contributed by atoms with van der Waals surface area (Å²) in [6, 6.07) is 3.27. The second-order valence-electron chi connectivity index (χ2n) is 6.45. The molecule has 2 amide bonds. The van der Waals surface area contributed by atoms with Crippen molar-refractivity contribution in [2.75, 3.05) is 20.1 Å². The largest absolute Gasteiger partial charge is 0.342 e. The zero-order chi connectivity index (χ0) is 18.5. The fourth-order valence-electron chi connectivity index (χ4n) is 3.08. The van der Waals surface area contributed by atoms with Crippen molar-refractivity contribution in [1.29, 1.82) is 0 Å². The zero-order valence-corrected chi connectivity index (χ0v) is 15.1. The van der Waals surface area contributed by atoms with Gasteiger partial charge < -0.3 is 9.80 Å². The molecule has 3 heterocycles. The number of piperazine rings is 1. The van der Waals surface area contributed by atoms with E-state index in [-0.39, 0.29) is 11.8 Å². The average Bonchev–Trinajstić information content (AvgIpc) is 2.69. The van der Waals surface area contributed by atoms with Crippen LogP contribution in [0, 0.1) is 0 Å². The lowest BCUT2D eigenvalue weighted by molar-refractivity contribution is -0.138. The van der Waals surface area contributed by atoms with E-state index in [0.29, 0.717) is 30.9 Å². The second kappa shape index (κ2) is 8.03. The summed E-state index contributed by atoms with van der Waals surface area (Å²) in [7, 11) is 1.79. The molecule has 1 atom stereocenters. The lowest BCUT2D eigenvalue weighted by atomic mass is 10.0. The summed E-state index contributed by atoms with van der Waals surface area (Å²) in [4.78, 5) is 41.4. The second-order valence-corrected chi connectivity index (χ2v) is 6.45. The Labute approximate surface area is 153 Å². The number of nitrogens with zero attached hydrogens (tertiary/aromatic N) is 5. The Morgan fingerprint density at radius 3 is 2.65 bits per heavy atom. The lowest BCUT2D eigenvalue weighted by Crippen LogP contribution is -2.57. The van der Waals surface area contributed by atoms with E-state index in [1.165, 1.54) is 12.4 Å². The van der Waals surface area contributed by atoms with Gasteiger partial charge in [0.25, 0.3) is 5.91 Å². The number of hydrogen-bond acceptors (Lipinski definition) is 5. The minimum absolute atomic E-state index is 0.00551. The smallest absolute Gasteiger partial charge is 0.257 e. The third-order valence-corrected chi connectivity index (χ3v) is 4.62. The third-order valence-electron chi connectivity index (χ3n) is 4.62. The van der Waals surface area contributed by atoms with Crippen molar-refractivity contribution >= 4 is 11.8 Å². The van der Waals surface area contributed by atoms with Gasteiger partial charge >= 0.3 is 0 Å². The SMILES string of the molecule is CCCCC1C(=O)N(C)CCN1C(=O)c1cnc(-c2cccnc2)nc1. The van der Waals surface area contributed by atoms with Crippen molar-refractivity contribution in [2.45, 2.75) is 32.2 Å². The molecule has 1 aliphatic heterocycles. The van der Waals surface area contributed by atoms with Gasteiger partial charge in [0.2, 0.25) is 5.91 Å². The first-order valence-corrected chi connectivity index (χ1v) is 8.90. The van der Waals surface area contributed by atoms with E-state index in [9.17, 15) is 9.59 Å². The molecule has 1 saturated heterocycles. The molecular weight excluding hydrogens is 330 g/mol. The molecule has 7 nitrogen and oxygen atoms in total. The Kier molecular flexibility index (Phi) is 5.55. The highest BCUT2D eigenvalue weighted by Crippen LogP contribution is 2.19. The Morgan fingerprint density at radius 2 is 2.00 bits per heavy atom. The molecule has 1 unspecified atom stereocenters. The predicted octanol–water partition coefficient (Wildman–Crippen LogP) is 2.01. The molecule has 2 aromatic heterocycles. The molecule has 0 spiro atoms. The molecule has 0 aromatic carbocycles. The molecule has 26 heavy (non-hydrogen) atoms. The number of hydrogen-bond donors (Lipinski definition) is 0. The summed E-state index contributed by atoms with van der Waals surface area (Å²) in [6.45, 7) is 3.15. The number of carbonyl (C=O) groups excluding carboxylic acids is 2. The van der Waals surface area contributed by atoms with Gasteiger partial charge in [-0.1, -0.05) is 19.8 Å². The molecule has 0 bridgehead atoms. The molecule has 1 fully saturated rings. The van der Waals surface area contributed by atoms with Crippen LogP contribution in [0.25, 0.3) is 11.4 Å². The molecule has 1 aliphatic rings. The molecule has 0 radical (unpaired) electrons. The highest BCUT2D eigenvalue weighted by Gasteiger charge is 2.35. The first-order valence-electron chi connectivity index (χ1n) is 8.90. The number of aromatic nitrogens is 3. The van der Waals surface area contributed by atoms with Crippen molar-refractivity contribution in [2.24, 2.45) is 0 Å².